The van der Waals surface area contributed by atoms with Crippen LogP contribution in [0.15, 0.2) is 12.1 Å². The molecule has 1 amide bonds. The Hall–Kier alpha value is -2.10. The molecule has 0 bridgehead atoms. The second-order valence-corrected chi connectivity index (χ2v) is 8.04. The number of nitrogens with one attached hydrogen (secondary N) is 1. The van der Waals surface area contributed by atoms with Gasteiger partial charge in [0.05, 0.1) is 36.8 Å². The van der Waals surface area contributed by atoms with Crippen molar-refractivity contribution >= 4 is 38.5 Å². The molecule has 0 spiro atoms. The standard InChI is InChI=1S/C19H25N3O5S/c1-25-15-7-6-14(22-8-10-26-11-9-22)17-16(15)20-18(28-17)21-19(24)27-13-4-2-12(23)3-5-13/h6-7,12-13,23H,2-5,8-11H2,1H3,(H,20,21,24)/t12-,13-. The second kappa shape index (κ2) is 8.50. The molecule has 9 heteroatoms. The van der Waals surface area contributed by atoms with Gasteiger partial charge in [-0.05, 0) is 37.8 Å². The highest BCUT2D eigenvalue weighted by molar-refractivity contribution is 7.23. The number of fused-ring (bicyclic) bond motifs is 1. The van der Waals surface area contributed by atoms with Crippen LogP contribution >= 0.6 is 11.3 Å². The predicted octanol–water partition coefficient (Wildman–Crippen LogP) is 2.99. The largest absolute Gasteiger partial charge is 0.494 e. The lowest BCUT2D eigenvalue weighted by molar-refractivity contribution is 0.0401. The molecule has 1 aromatic carbocycles. The van der Waals surface area contributed by atoms with Gasteiger partial charge in [-0.3, -0.25) is 5.32 Å². The van der Waals surface area contributed by atoms with E-state index in [2.05, 4.69) is 15.2 Å². The van der Waals surface area contributed by atoms with Crippen LogP contribution in [0.25, 0.3) is 10.2 Å². The lowest BCUT2D eigenvalue weighted by atomic mass is 9.95. The maximum Gasteiger partial charge on any atom is 0.413 e. The fourth-order valence-corrected chi connectivity index (χ4v) is 4.68. The number of carbonyl (C=O) groups excluding carboxylic acids is 1. The fourth-order valence-electron chi connectivity index (χ4n) is 3.67. The number of carbonyl (C=O) groups is 1. The summed E-state index contributed by atoms with van der Waals surface area (Å²) in [7, 11) is 1.61. The van der Waals surface area contributed by atoms with Crippen molar-refractivity contribution in [3.8, 4) is 5.75 Å². The first kappa shape index (κ1) is 19.2. The number of aromatic nitrogens is 1. The molecule has 1 aliphatic carbocycles. The van der Waals surface area contributed by atoms with Crippen LogP contribution in [0.3, 0.4) is 0 Å². The summed E-state index contributed by atoms with van der Waals surface area (Å²) < 4.78 is 17.4. The zero-order valence-corrected chi connectivity index (χ0v) is 16.7. The SMILES string of the molecule is COc1ccc(N2CCOCC2)c2sc(NC(=O)O[C@H]3CC[C@H](O)CC3)nc12. The zero-order chi connectivity index (χ0) is 19.5. The lowest BCUT2D eigenvalue weighted by Crippen LogP contribution is -2.36. The van der Waals surface area contributed by atoms with Crippen molar-refractivity contribution in [1.82, 2.24) is 4.98 Å². The summed E-state index contributed by atoms with van der Waals surface area (Å²) in [6.07, 6.45) is 1.76. The highest BCUT2D eigenvalue weighted by atomic mass is 32.1. The maximum atomic E-state index is 12.3. The molecule has 8 nitrogen and oxygen atoms in total. The Labute approximate surface area is 167 Å². The van der Waals surface area contributed by atoms with E-state index in [4.69, 9.17) is 14.2 Å². The van der Waals surface area contributed by atoms with Crippen molar-refractivity contribution in [3.63, 3.8) is 0 Å². The van der Waals surface area contributed by atoms with Crippen LogP contribution in [-0.2, 0) is 9.47 Å². The van der Waals surface area contributed by atoms with Crippen molar-refractivity contribution in [3.05, 3.63) is 12.1 Å². The van der Waals surface area contributed by atoms with Gasteiger partial charge in [-0.15, -0.1) is 0 Å². The number of hydrogen-bond donors (Lipinski definition) is 2. The first-order valence-corrected chi connectivity index (χ1v) is 10.4. The van der Waals surface area contributed by atoms with Gasteiger partial charge >= 0.3 is 6.09 Å². The molecule has 1 aromatic heterocycles. The van der Waals surface area contributed by atoms with Crippen molar-refractivity contribution in [2.45, 2.75) is 37.9 Å². The number of ether oxygens (including phenoxy) is 3. The van der Waals surface area contributed by atoms with Gasteiger partial charge in [-0.25, -0.2) is 9.78 Å². The number of benzene rings is 1. The summed E-state index contributed by atoms with van der Waals surface area (Å²) in [6, 6.07) is 3.93. The number of aliphatic hydroxyl groups excluding tert-OH is 1. The van der Waals surface area contributed by atoms with E-state index in [0.717, 1.165) is 29.0 Å². The summed E-state index contributed by atoms with van der Waals surface area (Å²) in [4.78, 5) is 19.1. The Morgan fingerprint density at radius 2 is 2.04 bits per heavy atom. The first-order valence-electron chi connectivity index (χ1n) is 9.60. The molecule has 152 valence electrons. The molecule has 0 radical (unpaired) electrons. The Morgan fingerprint density at radius 1 is 1.29 bits per heavy atom. The van der Waals surface area contributed by atoms with Crippen LogP contribution in [0.5, 0.6) is 5.75 Å². The number of amides is 1. The van der Waals surface area contributed by atoms with Crippen molar-refractivity contribution in [1.29, 1.82) is 0 Å². The molecular formula is C19H25N3O5S. The number of aliphatic hydroxyl groups is 1. The number of thiazole rings is 1. The van der Waals surface area contributed by atoms with E-state index < -0.39 is 6.09 Å². The minimum Gasteiger partial charge on any atom is -0.494 e. The molecule has 0 atom stereocenters. The minimum atomic E-state index is -0.507. The first-order chi connectivity index (χ1) is 13.6. The van der Waals surface area contributed by atoms with Crippen LogP contribution in [0.2, 0.25) is 0 Å². The van der Waals surface area contributed by atoms with Gasteiger partial charge in [0.1, 0.15) is 17.4 Å². The number of methoxy groups -OCH3 is 1. The van der Waals surface area contributed by atoms with Crippen LogP contribution in [0, 0.1) is 0 Å². The van der Waals surface area contributed by atoms with Crippen LogP contribution in [-0.4, -0.2) is 61.8 Å². The van der Waals surface area contributed by atoms with Crippen LogP contribution in [0.1, 0.15) is 25.7 Å². The highest BCUT2D eigenvalue weighted by Crippen LogP contribution is 2.39. The zero-order valence-electron chi connectivity index (χ0n) is 15.8. The van der Waals surface area contributed by atoms with Gasteiger partial charge in [-0.2, -0.15) is 0 Å². The third-order valence-corrected chi connectivity index (χ3v) is 6.18. The average Bonchev–Trinajstić information content (AvgIpc) is 3.13. The van der Waals surface area contributed by atoms with E-state index in [9.17, 15) is 9.90 Å². The molecule has 2 aliphatic rings. The van der Waals surface area contributed by atoms with E-state index in [1.54, 1.807) is 7.11 Å². The van der Waals surface area contributed by atoms with Crippen molar-refractivity contribution in [2.75, 3.05) is 43.6 Å². The van der Waals surface area contributed by atoms with Crippen molar-refractivity contribution in [2.24, 2.45) is 0 Å². The molecule has 2 N–H and O–H groups in total. The summed E-state index contributed by atoms with van der Waals surface area (Å²) >= 11 is 1.41. The molecule has 4 rings (SSSR count). The molecule has 2 fully saturated rings. The summed E-state index contributed by atoms with van der Waals surface area (Å²) in [5, 5.41) is 12.8. The highest BCUT2D eigenvalue weighted by Gasteiger charge is 2.24. The quantitative estimate of drug-likeness (QED) is 0.805. The molecule has 1 saturated heterocycles. The number of anilines is 2. The number of hydrogen-bond acceptors (Lipinski definition) is 8. The number of morpholine rings is 1. The molecule has 1 saturated carbocycles. The molecule has 1 aliphatic heterocycles. The Kier molecular flexibility index (Phi) is 5.84. The predicted molar refractivity (Wildman–Crippen MR) is 108 cm³/mol. The molecule has 28 heavy (non-hydrogen) atoms. The summed E-state index contributed by atoms with van der Waals surface area (Å²) in [5.41, 5.74) is 1.80. The Balaban J connectivity index is 1.52. The van der Waals surface area contributed by atoms with Gasteiger partial charge in [-0.1, -0.05) is 11.3 Å². The van der Waals surface area contributed by atoms with E-state index in [1.165, 1.54) is 11.3 Å². The topological polar surface area (TPSA) is 93.2 Å². The third-order valence-electron chi connectivity index (χ3n) is 5.18. The summed E-state index contributed by atoms with van der Waals surface area (Å²) in [5.74, 6) is 0.672. The minimum absolute atomic E-state index is 0.156. The Morgan fingerprint density at radius 3 is 2.75 bits per heavy atom. The van der Waals surface area contributed by atoms with E-state index in [0.29, 0.717) is 49.8 Å². The lowest BCUT2D eigenvalue weighted by Gasteiger charge is -2.29. The molecular weight excluding hydrogens is 382 g/mol. The molecule has 0 unspecified atom stereocenters. The van der Waals surface area contributed by atoms with Crippen LogP contribution in [0.4, 0.5) is 15.6 Å². The fraction of sp³-hybridized carbons (Fsp3) is 0.579. The number of rotatable bonds is 4. The van der Waals surface area contributed by atoms with E-state index >= 15 is 0 Å². The van der Waals surface area contributed by atoms with Gasteiger partial charge in [0.15, 0.2) is 5.13 Å². The van der Waals surface area contributed by atoms with Crippen LogP contribution < -0.4 is 15.0 Å². The second-order valence-electron chi connectivity index (χ2n) is 7.04. The van der Waals surface area contributed by atoms with Crippen molar-refractivity contribution < 1.29 is 24.1 Å². The van der Waals surface area contributed by atoms with Gasteiger partial charge in [0, 0.05) is 13.1 Å². The maximum absolute atomic E-state index is 12.3. The molecule has 2 aromatic rings. The van der Waals surface area contributed by atoms with Gasteiger partial charge in [0.25, 0.3) is 0 Å². The van der Waals surface area contributed by atoms with E-state index in [1.807, 2.05) is 12.1 Å². The molecule has 2 heterocycles. The van der Waals surface area contributed by atoms with E-state index in [-0.39, 0.29) is 12.2 Å². The normalized spacial score (nSPS) is 22.9. The average molecular weight is 407 g/mol. The summed E-state index contributed by atoms with van der Waals surface area (Å²) in [6.45, 7) is 3.02. The number of nitrogens with zero attached hydrogens (tertiary/aromatic N) is 2. The van der Waals surface area contributed by atoms with Gasteiger partial charge in [0.2, 0.25) is 0 Å². The van der Waals surface area contributed by atoms with Gasteiger partial charge < -0.3 is 24.2 Å². The third kappa shape index (κ3) is 4.16. The smallest absolute Gasteiger partial charge is 0.413 e. The Bertz CT molecular complexity index is 828. The monoisotopic (exact) mass is 407 g/mol.